The molecule has 10 heteroatoms. The molecule has 0 bridgehead atoms. The predicted molar refractivity (Wildman–Crippen MR) is 122 cm³/mol. The van der Waals surface area contributed by atoms with Crippen molar-refractivity contribution >= 4 is 40.9 Å². The van der Waals surface area contributed by atoms with Crippen molar-refractivity contribution in [1.82, 2.24) is 14.8 Å². The smallest absolute Gasteiger partial charge is 0.250 e. The van der Waals surface area contributed by atoms with E-state index in [1.807, 2.05) is 4.57 Å². The second kappa shape index (κ2) is 10.1. The van der Waals surface area contributed by atoms with E-state index in [1.54, 1.807) is 55.7 Å². The van der Waals surface area contributed by atoms with Crippen LogP contribution in [-0.4, -0.2) is 39.4 Å². The number of anilines is 1. The number of rotatable bonds is 9. The molecule has 3 N–H and O–H groups in total. The lowest BCUT2D eigenvalue weighted by Gasteiger charge is -2.11. The highest BCUT2D eigenvalue weighted by Crippen LogP contribution is 2.33. The number of hydrogen-bond acceptors (Lipinski definition) is 6. The topological polar surface area (TPSA) is 112 Å². The maximum absolute atomic E-state index is 12.5. The minimum atomic E-state index is -0.616. The van der Waals surface area contributed by atoms with Crippen LogP contribution in [0.25, 0.3) is 11.4 Å². The van der Waals surface area contributed by atoms with Crippen LogP contribution in [-0.2, 0) is 11.3 Å². The number of para-hydroxylation sites is 1. The average Bonchev–Trinajstić information content (AvgIpc) is 3.15. The van der Waals surface area contributed by atoms with E-state index in [0.717, 1.165) is 0 Å². The normalized spacial score (nSPS) is 10.5. The maximum atomic E-state index is 12.5. The van der Waals surface area contributed by atoms with E-state index in [-0.39, 0.29) is 17.2 Å². The number of allylic oxidation sites excluding steroid dienone is 1. The SMILES string of the molecule is C=CCn1c(SCC(=O)Nc2ccccc2C(N)=O)nnc1-c1cc(Cl)ccc1OC. The molecule has 0 aliphatic heterocycles. The molecule has 0 radical (unpaired) electrons. The number of benzene rings is 2. The molecular formula is C21H20ClN5O3S. The van der Waals surface area contributed by atoms with Crippen LogP contribution in [0.2, 0.25) is 5.02 Å². The van der Waals surface area contributed by atoms with Gasteiger partial charge in [0.05, 0.1) is 29.7 Å². The third-order valence-corrected chi connectivity index (χ3v) is 5.43. The van der Waals surface area contributed by atoms with Crippen LogP contribution in [0.1, 0.15) is 10.4 Å². The van der Waals surface area contributed by atoms with Gasteiger partial charge in [-0.1, -0.05) is 41.6 Å². The quantitative estimate of drug-likeness (QED) is 0.375. The van der Waals surface area contributed by atoms with Gasteiger partial charge in [0.25, 0.3) is 5.91 Å². The number of methoxy groups -OCH3 is 1. The fraction of sp³-hybridized carbons (Fsp3) is 0.143. The van der Waals surface area contributed by atoms with Gasteiger partial charge in [-0.2, -0.15) is 0 Å². The van der Waals surface area contributed by atoms with E-state index in [2.05, 4.69) is 22.1 Å². The number of carbonyl (C=O) groups excluding carboxylic acids is 2. The average molecular weight is 458 g/mol. The minimum absolute atomic E-state index is 0.0506. The molecule has 1 aromatic heterocycles. The van der Waals surface area contributed by atoms with Gasteiger partial charge < -0.3 is 15.8 Å². The lowest BCUT2D eigenvalue weighted by Crippen LogP contribution is -2.19. The third-order valence-electron chi connectivity index (χ3n) is 4.23. The molecule has 160 valence electrons. The number of nitrogens with zero attached hydrogens (tertiary/aromatic N) is 3. The molecule has 0 spiro atoms. The summed E-state index contributed by atoms with van der Waals surface area (Å²) in [6.07, 6.45) is 1.71. The maximum Gasteiger partial charge on any atom is 0.250 e. The zero-order valence-electron chi connectivity index (χ0n) is 16.7. The molecule has 0 saturated heterocycles. The standard InChI is InChI=1S/C21H20ClN5O3S/c1-3-10-27-20(15-11-13(22)8-9-17(15)30-2)25-26-21(27)31-12-18(28)24-16-7-5-4-6-14(16)19(23)29/h3-9,11H,1,10,12H2,2H3,(H2,23,29)(H,24,28). The number of hydrogen-bond donors (Lipinski definition) is 2. The third kappa shape index (κ3) is 5.25. The van der Waals surface area contributed by atoms with Gasteiger partial charge in [-0.3, -0.25) is 14.2 Å². The van der Waals surface area contributed by atoms with Gasteiger partial charge in [0, 0.05) is 11.6 Å². The van der Waals surface area contributed by atoms with Gasteiger partial charge in [0.1, 0.15) is 5.75 Å². The summed E-state index contributed by atoms with van der Waals surface area (Å²) in [4.78, 5) is 24.0. The molecular weight excluding hydrogens is 438 g/mol. The number of primary amides is 1. The van der Waals surface area contributed by atoms with Gasteiger partial charge in [-0.05, 0) is 30.3 Å². The number of amides is 2. The first kappa shape index (κ1) is 22.4. The summed E-state index contributed by atoms with van der Waals surface area (Å²) in [5.41, 5.74) is 6.63. The Morgan fingerprint density at radius 2 is 2.06 bits per heavy atom. The molecule has 8 nitrogen and oxygen atoms in total. The number of nitrogens with two attached hydrogens (primary N) is 1. The Kier molecular flexibility index (Phi) is 7.32. The molecule has 0 aliphatic carbocycles. The van der Waals surface area contributed by atoms with E-state index in [4.69, 9.17) is 22.1 Å². The predicted octanol–water partition coefficient (Wildman–Crippen LogP) is 3.62. The second-order valence-corrected chi connectivity index (χ2v) is 7.68. The van der Waals surface area contributed by atoms with E-state index >= 15 is 0 Å². The fourth-order valence-electron chi connectivity index (χ4n) is 2.87. The van der Waals surface area contributed by atoms with Gasteiger partial charge in [-0.15, -0.1) is 16.8 Å². The van der Waals surface area contributed by atoms with Gasteiger partial charge in [0.15, 0.2) is 11.0 Å². The molecule has 31 heavy (non-hydrogen) atoms. The van der Waals surface area contributed by atoms with Crippen molar-refractivity contribution < 1.29 is 14.3 Å². The van der Waals surface area contributed by atoms with Crippen LogP contribution in [0.15, 0.2) is 60.3 Å². The monoisotopic (exact) mass is 457 g/mol. The Balaban J connectivity index is 1.80. The molecule has 0 aliphatic rings. The summed E-state index contributed by atoms with van der Waals surface area (Å²) < 4.78 is 7.23. The summed E-state index contributed by atoms with van der Waals surface area (Å²) >= 11 is 7.35. The van der Waals surface area contributed by atoms with Gasteiger partial charge in [0.2, 0.25) is 5.91 Å². The molecule has 0 unspecified atom stereocenters. The van der Waals surface area contributed by atoms with E-state index in [0.29, 0.717) is 39.5 Å². The lowest BCUT2D eigenvalue weighted by atomic mass is 10.1. The summed E-state index contributed by atoms with van der Waals surface area (Å²) in [6, 6.07) is 11.8. The van der Waals surface area contributed by atoms with Crippen molar-refractivity contribution in [3.8, 4) is 17.1 Å². The summed E-state index contributed by atoms with van der Waals surface area (Å²) in [7, 11) is 1.56. The number of thioether (sulfide) groups is 1. The molecule has 3 aromatic rings. The number of nitrogens with one attached hydrogen (secondary N) is 1. The summed E-state index contributed by atoms with van der Waals surface area (Å²) in [5, 5.41) is 12.2. The summed E-state index contributed by atoms with van der Waals surface area (Å²) in [6.45, 7) is 4.21. The minimum Gasteiger partial charge on any atom is -0.496 e. The van der Waals surface area contributed by atoms with Gasteiger partial charge in [-0.25, -0.2) is 0 Å². The van der Waals surface area contributed by atoms with Crippen LogP contribution < -0.4 is 15.8 Å². The Hall–Kier alpha value is -3.30. The largest absolute Gasteiger partial charge is 0.496 e. The number of aromatic nitrogens is 3. The Bertz CT molecular complexity index is 1130. The van der Waals surface area contributed by atoms with Crippen LogP contribution in [0, 0.1) is 0 Å². The van der Waals surface area contributed by atoms with Crippen molar-refractivity contribution in [1.29, 1.82) is 0 Å². The molecule has 2 amide bonds. The highest BCUT2D eigenvalue weighted by Gasteiger charge is 2.19. The van der Waals surface area contributed by atoms with Crippen molar-refractivity contribution in [3.05, 3.63) is 65.7 Å². The first-order chi connectivity index (χ1) is 14.9. The number of halogens is 1. The molecule has 3 rings (SSSR count). The number of carbonyl (C=O) groups is 2. The number of ether oxygens (including phenoxy) is 1. The zero-order chi connectivity index (χ0) is 22.4. The molecule has 2 aromatic carbocycles. The Morgan fingerprint density at radius 1 is 1.29 bits per heavy atom. The first-order valence-electron chi connectivity index (χ1n) is 9.14. The molecule has 0 atom stereocenters. The highest BCUT2D eigenvalue weighted by atomic mass is 35.5. The van der Waals surface area contributed by atoms with E-state index in [9.17, 15) is 9.59 Å². The Labute approximate surface area is 188 Å². The van der Waals surface area contributed by atoms with Crippen molar-refractivity contribution in [3.63, 3.8) is 0 Å². The zero-order valence-corrected chi connectivity index (χ0v) is 18.2. The highest BCUT2D eigenvalue weighted by molar-refractivity contribution is 7.99. The lowest BCUT2D eigenvalue weighted by molar-refractivity contribution is -0.113. The van der Waals surface area contributed by atoms with Crippen LogP contribution in [0.4, 0.5) is 5.69 Å². The Morgan fingerprint density at radius 3 is 2.77 bits per heavy atom. The van der Waals surface area contributed by atoms with Crippen LogP contribution >= 0.6 is 23.4 Å². The van der Waals surface area contributed by atoms with Crippen molar-refractivity contribution in [2.75, 3.05) is 18.2 Å². The first-order valence-corrected chi connectivity index (χ1v) is 10.5. The van der Waals surface area contributed by atoms with Crippen LogP contribution in [0.5, 0.6) is 5.75 Å². The molecule has 0 saturated carbocycles. The van der Waals surface area contributed by atoms with Crippen molar-refractivity contribution in [2.24, 2.45) is 5.73 Å². The molecule has 1 heterocycles. The van der Waals surface area contributed by atoms with Gasteiger partial charge >= 0.3 is 0 Å². The summed E-state index contributed by atoms with van der Waals surface area (Å²) in [5.74, 6) is 0.263. The fourth-order valence-corrected chi connectivity index (χ4v) is 3.79. The van der Waals surface area contributed by atoms with E-state index < -0.39 is 5.91 Å². The van der Waals surface area contributed by atoms with Crippen LogP contribution in [0.3, 0.4) is 0 Å². The van der Waals surface area contributed by atoms with E-state index in [1.165, 1.54) is 11.8 Å². The van der Waals surface area contributed by atoms with Crippen molar-refractivity contribution in [2.45, 2.75) is 11.7 Å². The molecule has 0 fully saturated rings. The second-order valence-electron chi connectivity index (χ2n) is 6.30.